The van der Waals surface area contributed by atoms with Gasteiger partial charge in [0.25, 0.3) is 0 Å². The maximum atomic E-state index is 12.7. The van der Waals surface area contributed by atoms with E-state index in [1.165, 1.54) is 6.92 Å². The summed E-state index contributed by atoms with van der Waals surface area (Å²) < 4.78 is 0. The van der Waals surface area contributed by atoms with Crippen molar-refractivity contribution in [2.24, 2.45) is 11.5 Å². The Labute approximate surface area is 195 Å². The fourth-order valence-corrected chi connectivity index (χ4v) is 2.94. The number of nitrogens with two attached hydrogens (primary N) is 2. The number of carboxylic acid groups (broad SMARTS) is 1. The zero-order chi connectivity index (χ0) is 25.1. The van der Waals surface area contributed by atoms with Crippen molar-refractivity contribution in [1.82, 2.24) is 16.0 Å². The monoisotopic (exact) mass is 483 g/mol. The molecule has 1 aromatic carbocycles. The molecular formula is C20H29N5O7S. The first-order valence-corrected chi connectivity index (χ1v) is 10.6. The van der Waals surface area contributed by atoms with Crippen LogP contribution in [0.4, 0.5) is 0 Å². The van der Waals surface area contributed by atoms with Crippen molar-refractivity contribution in [2.75, 3.05) is 5.75 Å². The molecule has 0 fully saturated rings. The molecule has 182 valence electrons. The number of nitrogens with one attached hydrogen (secondary N) is 3. The summed E-state index contributed by atoms with van der Waals surface area (Å²) in [6.07, 6.45) is -1.83. The number of carbonyl (C=O) groups is 5. The fourth-order valence-electron chi connectivity index (χ4n) is 2.69. The van der Waals surface area contributed by atoms with Crippen molar-refractivity contribution in [2.45, 2.75) is 50.0 Å². The number of thiol groups is 1. The minimum Gasteiger partial charge on any atom is -0.480 e. The lowest BCUT2D eigenvalue weighted by Gasteiger charge is -2.24. The molecular weight excluding hydrogens is 454 g/mol. The van der Waals surface area contributed by atoms with Crippen LogP contribution in [-0.4, -0.2) is 75.8 Å². The van der Waals surface area contributed by atoms with E-state index in [1.807, 2.05) is 0 Å². The van der Waals surface area contributed by atoms with Gasteiger partial charge in [-0.25, -0.2) is 4.79 Å². The lowest BCUT2D eigenvalue weighted by molar-refractivity contribution is -0.142. The van der Waals surface area contributed by atoms with E-state index >= 15 is 0 Å². The van der Waals surface area contributed by atoms with Gasteiger partial charge in [0.2, 0.25) is 23.6 Å². The van der Waals surface area contributed by atoms with Crippen LogP contribution in [-0.2, 0) is 30.4 Å². The Balaban J connectivity index is 2.92. The molecule has 0 aliphatic heterocycles. The molecule has 0 saturated carbocycles. The molecule has 5 unspecified atom stereocenters. The molecule has 12 nitrogen and oxygen atoms in total. The predicted octanol–water partition coefficient (Wildman–Crippen LogP) is -2.72. The summed E-state index contributed by atoms with van der Waals surface area (Å²) in [4.78, 5) is 60.3. The first-order valence-electron chi connectivity index (χ1n) is 9.96. The highest BCUT2D eigenvalue weighted by Gasteiger charge is 2.31. The smallest absolute Gasteiger partial charge is 0.326 e. The van der Waals surface area contributed by atoms with Gasteiger partial charge < -0.3 is 37.6 Å². The maximum absolute atomic E-state index is 12.7. The Morgan fingerprint density at radius 1 is 0.939 bits per heavy atom. The van der Waals surface area contributed by atoms with E-state index in [0.29, 0.717) is 5.56 Å². The van der Waals surface area contributed by atoms with Crippen LogP contribution in [0.15, 0.2) is 30.3 Å². The second kappa shape index (κ2) is 13.4. The summed E-state index contributed by atoms with van der Waals surface area (Å²) in [7, 11) is 0. The highest BCUT2D eigenvalue weighted by atomic mass is 32.1. The molecule has 0 heterocycles. The lowest BCUT2D eigenvalue weighted by Crippen LogP contribution is -2.59. The molecule has 0 spiro atoms. The van der Waals surface area contributed by atoms with Crippen LogP contribution in [0.3, 0.4) is 0 Å². The van der Waals surface area contributed by atoms with Crippen molar-refractivity contribution in [3.63, 3.8) is 0 Å². The minimum absolute atomic E-state index is 0.0360. The quantitative estimate of drug-likeness (QED) is 0.138. The van der Waals surface area contributed by atoms with E-state index in [-0.39, 0.29) is 12.2 Å². The number of hydrogen-bond acceptors (Lipinski definition) is 8. The SMILES string of the molecule is CC(O)C(N)C(=O)NC(CS)C(=O)NC(CC(N)=O)C(=O)NC(Cc1ccccc1)C(=O)O. The summed E-state index contributed by atoms with van der Waals surface area (Å²) in [5.41, 5.74) is 11.3. The second-order valence-corrected chi connectivity index (χ2v) is 7.70. The number of amides is 4. The van der Waals surface area contributed by atoms with Crippen molar-refractivity contribution in [3.05, 3.63) is 35.9 Å². The first kappa shape index (κ1) is 27.9. The van der Waals surface area contributed by atoms with Crippen LogP contribution < -0.4 is 27.4 Å². The molecule has 0 aromatic heterocycles. The van der Waals surface area contributed by atoms with Crippen LogP contribution in [0.1, 0.15) is 18.9 Å². The largest absolute Gasteiger partial charge is 0.480 e. The van der Waals surface area contributed by atoms with Crippen molar-refractivity contribution in [1.29, 1.82) is 0 Å². The van der Waals surface area contributed by atoms with E-state index in [2.05, 4.69) is 28.6 Å². The molecule has 0 bridgehead atoms. The average molecular weight is 484 g/mol. The normalized spacial score (nSPS) is 15.3. The Kier molecular flexibility index (Phi) is 11.3. The predicted molar refractivity (Wildman–Crippen MR) is 121 cm³/mol. The number of rotatable bonds is 13. The summed E-state index contributed by atoms with van der Waals surface area (Å²) in [6.45, 7) is 1.29. The number of hydrogen-bond donors (Lipinski definition) is 8. The van der Waals surface area contributed by atoms with Gasteiger partial charge in [-0.15, -0.1) is 0 Å². The minimum atomic E-state index is -1.50. The molecule has 13 heteroatoms. The van der Waals surface area contributed by atoms with Crippen LogP contribution in [0.2, 0.25) is 0 Å². The number of carboxylic acids is 1. The van der Waals surface area contributed by atoms with Crippen molar-refractivity contribution in [3.8, 4) is 0 Å². The van der Waals surface area contributed by atoms with Gasteiger partial charge in [0.15, 0.2) is 0 Å². The van der Waals surface area contributed by atoms with Gasteiger partial charge in [-0.3, -0.25) is 19.2 Å². The van der Waals surface area contributed by atoms with E-state index in [4.69, 9.17) is 11.5 Å². The zero-order valence-corrected chi connectivity index (χ0v) is 18.8. The second-order valence-electron chi connectivity index (χ2n) is 7.33. The van der Waals surface area contributed by atoms with Crippen LogP contribution in [0.25, 0.3) is 0 Å². The number of primary amides is 1. The third-order valence-electron chi connectivity index (χ3n) is 4.57. The van der Waals surface area contributed by atoms with Gasteiger partial charge in [-0.05, 0) is 12.5 Å². The Morgan fingerprint density at radius 2 is 1.45 bits per heavy atom. The third kappa shape index (κ3) is 9.47. The van der Waals surface area contributed by atoms with E-state index in [9.17, 15) is 34.2 Å². The average Bonchev–Trinajstić information content (AvgIpc) is 2.75. The highest BCUT2D eigenvalue weighted by Crippen LogP contribution is 2.05. The van der Waals surface area contributed by atoms with Gasteiger partial charge in [-0.1, -0.05) is 30.3 Å². The third-order valence-corrected chi connectivity index (χ3v) is 4.94. The number of carbonyl (C=O) groups excluding carboxylic acids is 4. The molecule has 1 aromatic rings. The van der Waals surface area contributed by atoms with Crippen LogP contribution >= 0.6 is 12.6 Å². The van der Waals surface area contributed by atoms with E-state index in [0.717, 1.165) is 0 Å². The number of aliphatic carboxylic acids is 1. The molecule has 9 N–H and O–H groups in total. The Morgan fingerprint density at radius 3 is 1.94 bits per heavy atom. The summed E-state index contributed by atoms with van der Waals surface area (Å²) in [6, 6.07) is 3.14. The van der Waals surface area contributed by atoms with Gasteiger partial charge in [0.05, 0.1) is 12.5 Å². The van der Waals surface area contributed by atoms with Crippen LogP contribution in [0.5, 0.6) is 0 Å². The zero-order valence-electron chi connectivity index (χ0n) is 17.9. The van der Waals surface area contributed by atoms with E-state index < -0.39 is 66.3 Å². The summed E-state index contributed by atoms with van der Waals surface area (Å²) in [5.74, 6) is -5.09. The van der Waals surface area contributed by atoms with Gasteiger partial charge in [0.1, 0.15) is 24.2 Å². The highest BCUT2D eigenvalue weighted by molar-refractivity contribution is 7.80. The van der Waals surface area contributed by atoms with E-state index in [1.54, 1.807) is 30.3 Å². The molecule has 1 rings (SSSR count). The molecule has 0 aliphatic rings. The number of aliphatic hydroxyl groups excluding tert-OH is 1. The van der Waals surface area contributed by atoms with Crippen LogP contribution in [0, 0.1) is 0 Å². The molecule has 4 amide bonds. The number of benzene rings is 1. The van der Waals surface area contributed by atoms with Gasteiger partial charge in [-0.2, -0.15) is 12.6 Å². The molecule has 5 atom stereocenters. The lowest BCUT2D eigenvalue weighted by atomic mass is 10.0. The Bertz CT molecular complexity index is 852. The van der Waals surface area contributed by atoms with Crippen molar-refractivity contribution < 1.29 is 34.2 Å². The molecule has 0 radical (unpaired) electrons. The molecule has 0 saturated heterocycles. The molecule has 0 aliphatic carbocycles. The topological polar surface area (TPSA) is 214 Å². The Hall–Kier alpha value is -3.16. The van der Waals surface area contributed by atoms with Crippen molar-refractivity contribution >= 4 is 42.2 Å². The first-order chi connectivity index (χ1) is 15.5. The fraction of sp³-hybridized carbons (Fsp3) is 0.450. The summed E-state index contributed by atoms with van der Waals surface area (Å²) in [5, 5.41) is 25.7. The van der Waals surface area contributed by atoms with Gasteiger partial charge >= 0.3 is 5.97 Å². The standard InChI is InChI=1S/C20H29N5O7S/c1-10(26)16(22)19(30)25-14(9-33)18(29)23-12(8-15(21)27)17(28)24-13(20(31)32)7-11-5-3-2-4-6-11/h2-6,10,12-14,16,26,33H,7-9,22H2,1H3,(H2,21,27)(H,23,29)(H,24,28)(H,25,30)(H,31,32). The molecule has 33 heavy (non-hydrogen) atoms. The van der Waals surface area contributed by atoms with Gasteiger partial charge in [0, 0.05) is 12.2 Å². The number of aliphatic hydroxyl groups is 1. The maximum Gasteiger partial charge on any atom is 0.326 e. The summed E-state index contributed by atoms with van der Waals surface area (Å²) >= 11 is 3.98.